The fourth-order valence-corrected chi connectivity index (χ4v) is 0.496. The molecule has 0 amide bonds. The van der Waals surface area contributed by atoms with Crippen molar-refractivity contribution >= 4 is 59.3 Å². The number of benzene rings is 1. The fourth-order valence-electron chi connectivity index (χ4n) is 0.496. The lowest BCUT2D eigenvalue weighted by atomic mass is 10.3. The van der Waals surface area contributed by atoms with Crippen LogP contribution in [-0.2, 0) is 0 Å². The molecule has 2 nitrogen and oxygen atoms in total. The molecule has 0 atom stereocenters. The molecule has 0 spiro atoms. The molecule has 0 aromatic heterocycles. The molecule has 0 radical (unpaired) electrons. The maximum Gasteiger partial charge on any atom is 0.0315 e. The average Bonchev–Trinajstić information content (AvgIpc) is 1.77. The molecule has 1 rings (SSSR count). The summed E-state index contributed by atoms with van der Waals surface area (Å²) in [5, 5.41) is 0. The first kappa shape index (κ1) is 12.9. The monoisotopic (exact) mass is 364 g/mol. The highest BCUT2D eigenvalue weighted by molar-refractivity contribution is 14.0. The van der Waals surface area contributed by atoms with Crippen LogP contribution in [0.15, 0.2) is 24.3 Å². The van der Waals surface area contributed by atoms with Crippen LogP contribution in [0.2, 0.25) is 0 Å². The molecule has 4 N–H and O–H groups in total. The minimum Gasteiger partial charge on any atom is -0.399 e. The van der Waals surface area contributed by atoms with Gasteiger partial charge in [-0.1, -0.05) is 0 Å². The normalized spacial score (nSPS) is 7.20. The number of anilines is 2. The zero-order valence-electron chi connectivity index (χ0n) is 5.28. The number of hydrogen-bond acceptors (Lipinski definition) is 2. The zero-order valence-corrected chi connectivity index (χ0v) is 9.94. The molecule has 4 heteroatoms. The van der Waals surface area contributed by atoms with E-state index in [9.17, 15) is 0 Å². The van der Waals surface area contributed by atoms with E-state index in [1.807, 2.05) is 0 Å². The highest BCUT2D eigenvalue weighted by atomic mass is 127. The van der Waals surface area contributed by atoms with Gasteiger partial charge in [0.1, 0.15) is 0 Å². The van der Waals surface area contributed by atoms with Crippen molar-refractivity contribution in [3.63, 3.8) is 0 Å². The predicted octanol–water partition coefficient (Wildman–Crippen LogP) is 2.09. The number of halogens is 2. The Morgan fingerprint density at radius 2 is 0.900 bits per heavy atom. The molecule has 1 aromatic rings. The van der Waals surface area contributed by atoms with Gasteiger partial charge >= 0.3 is 0 Å². The number of nitrogen functional groups attached to an aromatic ring is 2. The van der Waals surface area contributed by atoms with Crippen molar-refractivity contribution in [2.24, 2.45) is 0 Å². The van der Waals surface area contributed by atoms with Gasteiger partial charge in [0.05, 0.1) is 0 Å². The Labute approximate surface area is 94.4 Å². The highest BCUT2D eigenvalue weighted by Gasteiger charge is 1.80. The SMILES string of the molecule is I.I.Nc1ccc(N)cc1. The van der Waals surface area contributed by atoms with Crippen molar-refractivity contribution in [3.8, 4) is 0 Å². The van der Waals surface area contributed by atoms with Crippen LogP contribution in [-0.4, -0.2) is 0 Å². The molecular weight excluding hydrogens is 354 g/mol. The first-order valence-electron chi connectivity index (χ1n) is 2.40. The third-order valence-electron chi connectivity index (χ3n) is 0.936. The van der Waals surface area contributed by atoms with Gasteiger partial charge in [-0.3, -0.25) is 0 Å². The van der Waals surface area contributed by atoms with Crippen LogP contribution in [0, 0.1) is 0 Å². The van der Waals surface area contributed by atoms with E-state index in [1.165, 1.54) is 0 Å². The van der Waals surface area contributed by atoms with E-state index in [-0.39, 0.29) is 48.0 Å². The van der Waals surface area contributed by atoms with Crippen molar-refractivity contribution in [2.45, 2.75) is 0 Å². The molecule has 10 heavy (non-hydrogen) atoms. The van der Waals surface area contributed by atoms with Crippen LogP contribution in [0.3, 0.4) is 0 Å². The van der Waals surface area contributed by atoms with Gasteiger partial charge in [0.2, 0.25) is 0 Å². The molecule has 0 bridgehead atoms. The van der Waals surface area contributed by atoms with Crippen LogP contribution in [0.1, 0.15) is 0 Å². The van der Waals surface area contributed by atoms with E-state index in [0.29, 0.717) is 0 Å². The first-order valence-corrected chi connectivity index (χ1v) is 2.40. The third kappa shape index (κ3) is 4.15. The summed E-state index contributed by atoms with van der Waals surface area (Å²) in [4.78, 5) is 0. The second-order valence-corrected chi connectivity index (χ2v) is 1.67. The van der Waals surface area contributed by atoms with Gasteiger partial charge in [-0.05, 0) is 24.3 Å². The molecular formula is C6H10I2N2. The number of rotatable bonds is 0. The summed E-state index contributed by atoms with van der Waals surface area (Å²) < 4.78 is 0. The lowest BCUT2D eigenvalue weighted by Crippen LogP contribution is -1.86. The molecule has 1 aromatic carbocycles. The van der Waals surface area contributed by atoms with E-state index < -0.39 is 0 Å². The maximum atomic E-state index is 5.37. The fraction of sp³-hybridized carbons (Fsp3) is 0. The van der Waals surface area contributed by atoms with Crippen molar-refractivity contribution in [1.29, 1.82) is 0 Å². The lowest BCUT2D eigenvalue weighted by Gasteiger charge is -1.90. The van der Waals surface area contributed by atoms with E-state index in [4.69, 9.17) is 11.5 Å². The molecule has 0 saturated heterocycles. The Kier molecular flexibility index (Phi) is 7.77. The maximum absolute atomic E-state index is 5.37. The van der Waals surface area contributed by atoms with Gasteiger partial charge in [-0.15, -0.1) is 48.0 Å². The van der Waals surface area contributed by atoms with E-state index in [0.717, 1.165) is 11.4 Å². The van der Waals surface area contributed by atoms with E-state index in [1.54, 1.807) is 24.3 Å². The third-order valence-corrected chi connectivity index (χ3v) is 0.936. The van der Waals surface area contributed by atoms with Crippen molar-refractivity contribution < 1.29 is 0 Å². The molecule has 0 aliphatic carbocycles. The largest absolute Gasteiger partial charge is 0.399 e. The predicted molar refractivity (Wildman–Crippen MR) is 66.1 cm³/mol. The second kappa shape index (κ2) is 6.02. The molecule has 0 aliphatic heterocycles. The van der Waals surface area contributed by atoms with Gasteiger partial charge in [0.15, 0.2) is 0 Å². The Morgan fingerprint density at radius 1 is 0.700 bits per heavy atom. The Bertz CT molecular complexity index is 153. The number of nitrogens with two attached hydrogens (primary N) is 2. The van der Waals surface area contributed by atoms with Gasteiger partial charge < -0.3 is 11.5 Å². The Balaban J connectivity index is 0. The molecule has 0 heterocycles. The Hall–Kier alpha value is 0.280. The van der Waals surface area contributed by atoms with Crippen LogP contribution in [0.25, 0.3) is 0 Å². The summed E-state index contributed by atoms with van der Waals surface area (Å²) in [7, 11) is 0. The molecule has 58 valence electrons. The molecule has 0 unspecified atom stereocenters. The first-order chi connectivity index (χ1) is 3.79. The Morgan fingerprint density at radius 3 is 1.10 bits per heavy atom. The van der Waals surface area contributed by atoms with Gasteiger partial charge in [0, 0.05) is 11.4 Å². The van der Waals surface area contributed by atoms with E-state index in [2.05, 4.69) is 0 Å². The van der Waals surface area contributed by atoms with E-state index >= 15 is 0 Å². The minimum absolute atomic E-state index is 0. The minimum atomic E-state index is 0. The van der Waals surface area contributed by atoms with Gasteiger partial charge in [-0.2, -0.15) is 0 Å². The summed E-state index contributed by atoms with van der Waals surface area (Å²) in [6.07, 6.45) is 0. The average molecular weight is 364 g/mol. The summed E-state index contributed by atoms with van der Waals surface area (Å²) in [6.45, 7) is 0. The topological polar surface area (TPSA) is 52.0 Å². The van der Waals surface area contributed by atoms with Crippen LogP contribution in [0.5, 0.6) is 0 Å². The highest BCUT2D eigenvalue weighted by Crippen LogP contribution is 2.04. The second-order valence-electron chi connectivity index (χ2n) is 1.67. The number of hydrogen-bond donors (Lipinski definition) is 2. The standard InChI is InChI=1S/C6H8N2.2HI/c7-5-1-2-6(8)4-3-5;;/h1-4H,7-8H2;2*1H. The smallest absolute Gasteiger partial charge is 0.0315 e. The summed E-state index contributed by atoms with van der Waals surface area (Å²) in [5.41, 5.74) is 12.2. The molecule has 0 saturated carbocycles. The quantitative estimate of drug-likeness (QED) is 0.547. The van der Waals surface area contributed by atoms with Crippen LogP contribution in [0.4, 0.5) is 11.4 Å². The lowest BCUT2D eigenvalue weighted by molar-refractivity contribution is 1.67. The van der Waals surface area contributed by atoms with Gasteiger partial charge in [-0.25, -0.2) is 0 Å². The summed E-state index contributed by atoms with van der Waals surface area (Å²) >= 11 is 0. The summed E-state index contributed by atoms with van der Waals surface area (Å²) in [5.74, 6) is 0. The van der Waals surface area contributed by atoms with Crippen molar-refractivity contribution in [3.05, 3.63) is 24.3 Å². The van der Waals surface area contributed by atoms with Crippen LogP contribution < -0.4 is 11.5 Å². The van der Waals surface area contributed by atoms with Crippen molar-refractivity contribution in [1.82, 2.24) is 0 Å². The van der Waals surface area contributed by atoms with Gasteiger partial charge in [0.25, 0.3) is 0 Å². The zero-order chi connectivity index (χ0) is 5.98. The molecule has 0 fully saturated rings. The van der Waals surface area contributed by atoms with Crippen LogP contribution >= 0.6 is 48.0 Å². The summed E-state index contributed by atoms with van der Waals surface area (Å²) in [6, 6.07) is 7.09. The van der Waals surface area contributed by atoms with Crippen molar-refractivity contribution in [2.75, 3.05) is 11.5 Å². The molecule has 0 aliphatic rings.